The van der Waals surface area contributed by atoms with E-state index in [1.54, 1.807) is 12.1 Å². The van der Waals surface area contributed by atoms with Crippen molar-refractivity contribution >= 4 is 27.2 Å². The largest absolute Gasteiger partial charge is 0.454 e. The normalized spacial score (nSPS) is 12.6. The molecule has 0 amide bonds. The van der Waals surface area contributed by atoms with Gasteiger partial charge in [-0.3, -0.25) is 4.72 Å². The molecule has 7 nitrogen and oxygen atoms in total. The topological polar surface area (TPSA) is 89.6 Å². The lowest BCUT2D eigenvalue weighted by Crippen LogP contribution is -2.18. The predicted molar refractivity (Wildman–Crippen MR) is 108 cm³/mol. The molecular formula is C20H19N3O4S. The van der Waals surface area contributed by atoms with Crippen molar-refractivity contribution in [2.24, 2.45) is 0 Å². The molecule has 0 saturated heterocycles. The number of rotatable bonds is 7. The Bertz CT molecular complexity index is 1050. The van der Waals surface area contributed by atoms with E-state index >= 15 is 0 Å². The van der Waals surface area contributed by atoms with Gasteiger partial charge in [-0.05, 0) is 36.2 Å². The number of aromatic nitrogens is 1. The first kappa shape index (κ1) is 18.1. The molecule has 0 fully saturated rings. The Morgan fingerprint density at radius 3 is 2.50 bits per heavy atom. The highest BCUT2D eigenvalue weighted by atomic mass is 32.2. The summed E-state index contributed by atoms with van der Waals surface area (Å²) in [6.45, 7) is 0.218. The summed E-state index contributed by atoms with van der Waals surface area (Å²) in [7, 11) is -3.45. The van der Waals surface area contributed by atoms with Crippen molar-refractivity contribution < 1.29 is 17.9 Å². The van der Waals surface area contributed by atoms with E-state index in [-0.39, 0.29) is 12.5 Å². The average molecular weight is 397 g/mol. The number of anilines is 3. The van der Waals surface area contributed by atoms with Crippen LogP contribution >= 0.6 is 0 Å². The van der Waals surface area contributed by atoms with Gasteiger partial charge in [0.2, 0.25) is 16.8 Å². The number of aryl methyl sites for hydroxylation is 1. The third-order valence-electron chi connectivity index (χ3n) is 4.18. The molecule has 0 aliphatic carbocycles. The van der Waals surface area contributed by atoms with E-state index in [1.165, 1.54) is 6.20 Å². The summed E-state index contributed by atoms with van der Waals surface area (Å²) in [6.07, 6.45) is 1.93. The Balaban J connectivity index is 1.36. The quantitative estimate of drug-likeness (QED) is 0.634. The second-order valence-electron chi connectivity index (χ2n) is 6.28. The Hall–Kier alpha value is -3.26. The summed E-state index contributed by atoms with van der Waals surface area (Å²) in [4.78, 5) is 4.26. The summed E-state index contributed by atoms with van der Waals surface area (Å²) in [5.41, 5.74) is 2.20. The highest BCUT2D eigenvalue weighted by molar-refractivity contribution is 7.92. The maximum atomic E-state index is 12.3. The van der Waals surface area contributed by atoms with Crippen LogP contribution in [0.5, 0.6) is 11.5 Å². The second kappa shape index (κ2) is 7.77. The molecule has 2 N–H and O–H groups in total. The van der Waals surface area contributed by atoms with Crippen LogP contribution in [0, 0.1) is 0 Å². The van der Waals surface area contributed by atoms with E-state index in [9.17, 15) is 8.42 Å². The number of nitrogens with one attached hydrogen (secondary N) is 2. The zero-order valence-corrected chi connectivity index (χ0v) is 15.8. The smallest absolute Gasteiger partial charge is 0.233 e. The van der Waals surface area contributed by atoms with Crippen molar-refractivity contribution in [3.05, 3.63) is 72.4 Å². The molecule has 0 atom stereocenters. The summed E-state index contributed by atoms with van der Waals surface area (Å²) in [5, 5.41) is 3.15. The van der Waals surface area contributed by atoms with Crippen LogP contribution in [0.1, 0.15) is 5.56 Å². The predicted octanol–water partition coefficient (Wildman–Crippen LogP) is 3.54. The maximum absolute atomic E-state index is 12.3. The number of pyridine rings is 1. The van der Waals surface area contributed by atoms with Gasteiger partial charge in [0.25, 0.3) is 0 Å². The van der Waals surface area contributed by atoms with Gasteiger partial charge in [0.1, 0.15) is 5.82 Å². The molecular weight excluding hydrogens is 378 g/mol. The maximum Gasteiger partial charge on any atom is 0.233 e. The van der Waals surface area contributed by atoms with Gasteiger partial charge in [-0.25, -0.2) is 13.4 Å². The van der Waals surface area contributed by atoms with E-state index in [2.05, 4.69) is 15.0 Å². The summed E-state index contributed by atoms with van der Waals surface area (Å²) < 4.78 is 37.7. The molecule has 2 aromatic carbocycles. The summed E-state index contributed by atoms with van der Waals surface area (Å²) in [6, 6.07) is 18.4. The molecule has 4 rings (SSSR count). The van der Waals surface area contributed by atoms with Crippen LogP contribution in [0.4, 0.5) is 17.2 Å². The van der Waals surface area contributed by atoms with Crippen molar-refractivity contribution in [3.63, 3.8) is 0 Å². The van der Waals surface area contributed by atoms with Gasteiger partial charge in [0, 0.05) is 11.8 Å². The molecule has 2 heterocycles. The van der Waals surface area contributed by atoms with Crippen molar-refractivity contribution in [3.8, 4) is 11.5 Å². The number of sulfonamides is 1. The zero-order chi connectivity index (χ0) is 19.4. The van der Waals surface area contributed by atoms with Crippen LogP contribution in [-0.2, 0) is 16.4 Å². The standard InChI is InChI=1S/C20H19N3O4S/c24-28(25,11-10-15-4-2-1-3-5-15)23-17-7-9-20(21-13-17)22-16-6-8-18-19(12-16)27-14-26-18/h1-9,12-13,23H,10-11,14H2,(H,21,22). The molecule has 144 valence electrons. The zero-order valence-electron chi connectivity index (χ0n) is 15.0. The van der Waals surface area contributed by atoms with Crippen molar-refractivity contribution in [2.45, 2.75) is 6.42 Å². The molecule has 28 heavy (non-hydrogen) atoms. The van der Waals surface area contributed by atoms with Crippen molar-refractivity contribution in [2.75, 3.05) is 22.6 Å². The molecule has 0 saturated carbocycles. The van der Waals surface area contributed by atoms with Crippen molar-refractivity contribution in [1.29, 1.82) is 0 Å². The molecule has 1 aromatic heterocycles. The Morgan fingerprint density at radius 2 is 1.71 bits per heavy atom. The second-order valence-corrected chi connectivity index (χ2v) is 8.12. The third kappa shape index (κ3) is 4.52. The molecule has 0 spiro atoms. The Kier molecular flexibility index (Phi) is 5.03. The van der Waals surface area contributed by atoms with E-state index in [0.29, 0.717) is 29.4 Å². The molecule has 0 radical (unpaired) electrons. The Labute approximate surface area is 163 Å². The third-order valence-corrected chi connectivity index (χ3v) is 5.47. The van der Waals surface area contributed by atoms with Gasteiger partial charge in [-0.1, -0.05) is 30.3 Å². The fourth-order valence-electron chi connectivity index (χ4n) is 2.78. The van der Waals surface area contributed by atoms with Gasteiger partial charge < -0.3 is 14.8 Å². The van der Waals surface area contributed by atoms with E-state index in [1.807, 2.05) is 48.5 Å². The number of hydrogen-bond donors (Lipinski definition) is 2. The van der Waals surface area contributed by atoms with Crippen LogP contribution in [0.15, 0.2) is 66.9 Å². The molecule has 3 aromatic rings. The number of benzene rings is 2. The van der Waals surface area contributed by atoms with Crippen LogP contribution < -0.4 is 19.5 Å². The van der Waals surface area contributed by atoms with Gasteiger partial charge in [-0.2, -0.15) is 0 Å². The Morgan fingerprint density at radius 1 is 0.929 bits per heavy atom. The lowest BCUT2D eigenvalue weighted by molar-refractivity contribution is 0.174. The molecule has 8 heteroatoms. The van der Waals surface area contributed by atoms with E-state index in [4.69, 9.17) is 9.47 Å². The van der Waals surface area contributed by atoms with E-state index in [0.717, 1.165) is 11.3 Å². The first-order valence-corrected chi connectivity index (χ1v) is 10.4. The van der Waals surface area contributed by atoms with Gasteiger partial charge in [0.05, 0.1) is 17.6 Å². The molecule has 0 unspecified atom stereocenters. The van der Waals surface area contributed by atoms with Gasteiger partial charge in [-0.15, -0.1) is 0 Å². The number of fused-ring (bicyclic) bond motifs is 1. The van der Waals surface area contributed by atoms with E-state index < -0.39 is 10.0 Å². The minimum Gasteiger partial charge on any atom is -0.454 e. The minimum atomic E-state index is -3.45. The van der Waals surface area contributed by atoms with Gasteiger partial charge >= 0.3 is 0 Å². The van der Waals surface area contributed by atoms with Crippen LogP contribution in [0.25, 0.3) is 0 Å². The minimum absolute atomic E-state index is 0.00815. The fraction of sp³-hybridized carbons (Fsp3) is 0.150. The van der Waals surface area contributed by atoms with Gasteiger partial charge in [0.15, 0.2) is 11.5 Å². The number of nitrogens with zero attached hydrogens (tertiary/aromatic N) is 1. The molecule has 1 aliphatic rings. The first-order chi connectivity index (χ1) is 13.6. The van der Waals surface area contributed by atoms with Crippen molar-refractivity contribution in [1.82, 2.24) is 4.98 Å². The highest BCUT2D eigenvalue weighted by Gasteiger charge is 2.14. The summed E-state index contributed by atoms with van der Waals surface area (Å²) in [5.74, 6) is 1.98. The SMILES string of the molecule is O=S(=O)(CCc1ccccc1)Nc1ccc(Nc2ccc3c(c2)OCO3)nc1. The first-order valence-electron chi connectivity index (χ1n) is 8.75. The number of ether oxygens (including phenoxy) is 2. The monoisotopic (exact) mass is 397 g/mol. The average Bonchev–Trinajstić information content (AvgIpc) is 3.17. The molecule has 1 aliphatic heterocycles. The lowest BCUT2D eigenvalue weighted by atomic mass is 10.2. The summed E-state index contributed by atoms with van der Waals surface area (Å²) >= 11 is 0. The van der Waals surface area contributed by atoms with Crippen LogP contribution in [0.2, 0.25) is 0 Å². The fourth-order valence-corrected chi connectivity index (χ4v) is 3.86. The lowest BCUT2D eigenvalue weighted by Gasteiger charge is -2.10. The number of hydrogen-bond acceptors (Lipinski definition) is 6. The van der Waals surface area contributed by atoms with Crippen LogP contribution in [0.3, 0.4) is 0 Å². The van der Waals surface area contributed by atoms with Crippen LogP contribution in [-0.4, -0.2) is 25.9 Å². The molecule has 0 bridgehead atoms. The highest BCUT2D eigenvalue weighted by Crippen LogP contribution is 2.34.